The zero-order valence-corrected chi connectivity index (χ0v) is 3.92. The summed E-state index contributed by atoms with van der Waals surface area (Å²) in [4.78, 5) is 0. The molecule has 0 aromatic rings. The Morgan fingerprint density at radius 1 is 1.60 bits per heavy atom. The first kappa shape index (κ1) is 19.0. The monoisotopic (exact) mass is 101 g/mol. The van der Waals surface area contributed by atoms with E-state index in [9.17, 15) is 0 Å². The molecule has 2 N–H and O–H groups in total. The zero-order valence-electron chi connectivity index (χ0n) is 3.10. The normalized spacial score (nSPS) is 3.60. The largest absolute Gasteiger partial charge is 0.331 e. The van der Waals surface area contributed by atoms with Crippen LogP contribution < -0.4 is 5.73 Å². The summed E-state index contributed by atoms with van der Waals surface area (Å²) in [6.07, 6.45) is 0. The molecule has 36 valence electrons. The van der Waals surface area contributed by atoms with Gasteiger partial charge in [0.15, 0.2) is 0 Å². The Kier molecular flexibility index (Phi) is 116. The van der Waals surface area contributed by atoms with E-state index in [1.54, 1.807) is 0 Å². The van der Waals surface area contributed by atoms with E-state index in [1.807, 2.05) is 6.92 Å². The van der Waals surface area contributed by atoms with Gasteiger partial charge in [-0.15, -0.1) is 12.4 Å². The molecule has 0 rings (SSSR count). The van der Waals surface area contributed by atoms with Crippen molar-refractivity contribution in [1.82, 2.24) is 0 Å². The van der Waals surface area contributed by atoms with E-state index < -0.39 is 0 Å². The molecule has 0 heterocycles. The molecule has 0 spiro atoms. The number of hydrogen-bond acceptors (Lipinski definition) is 1. The lowest BCUT2D eigenvalue weighted by atomic mass is 10.8. The van der Waals surface area contributed by atoms with E-state index in [0.29, 0.717) is 0 Å². The van der Waals surface area contributed by atoms with Gasteiger partial charge >= 0.3 is 0 Å². The molecule has 0 fully saturated rings. The molecule has 5 heavy (non-hydrogen) atoms. The van der Waals surface area contributed by atoms with Crippen LogP contribution in [0.2, 0.25) is 0 Å². The minimum atomic E-state index is 0. The summed E-state index contributed by atoms with van der Waals surface area (Å²) in [5.41, 5.74) is 4.85. The highest BCUT2D eigenvalue weighted by atomic mass is 35.5. The molecule has 0 aromatic carbocycles. The third-order valence-electron chi connectivity index (χ3n) is 0. The van der Waals surface area contributed by atoms with Crippen LogP contribution in [0.15, 0.2) is 0 Å². The smallest absolute Gasteiger partial charge is 0.0106 e. The number of nitrogens with two attached hydrogens (primary N) is 1. The zero-order chi connectivity index (χ0) is 2.71. The van der Waals surface area contributed by atoms with Crippen LogP contribution in [0, 0.1) is 0 Å². The van der Waals surface area contributed by atoms with Gasteiger partial charge in [-0.2, -0.15) is 0 Å². The molecule has 0 unspecified atom stereocenters. The second-order valence-corrected chi connectivity index (χ2v) is 0.408. The Balaban J connectivity index is -0.0000000200. The van der Waals surface area contributed by atoms with Crippen molar-refractivity contribution in [3.63, 3.8) is 0 Å². The van der Waals surface area contributed by atoms with Gasteiger partial charge in [0.1, 0.15) is 0 Å². The molecule has 0 radical (unpaired) electrons. The third kappa shape index (κ3) is 613. The van der Waals surface area contributed by atoms with E-state index in [-0.39, 0.29) is 17.1 Å². The van der Waals surface area contributed by atoms with Crippen LogP contribution in [-0.4, -0.2) is 6.54 Å². The lowest BCUT2D eigenvalue weighted by molar-refractivity contribution is 1.11. The van der Waals surface area contributed by atoms with E-state index >= 15 is 0 Å². The molecule has 0 saturated heterocycles. The van der Waals surface area contributed by atoms with Crippen molar-refractivity contribution in [2.24, 2.45) is 5.73 Å². The molecule has 0 aliphatic heterocycles. The van der Waals surface area contributed by atoms with Gasteiger partial charge in [0, 0.05) is 0 Å². The Morgan fingerprint density at radius 3 is 1.60 bits per heavy atom. The average Bonchev–Trinajstić information content (AvgIpc) is 0.918. The van der Waals surface area contributed by atoms with E-state index in [4.69, 9.17) is 5.73 Å². The van der Waals surface area contributed by atoms with Crippen molar-refractivity contribution in [2.45, 2.75) is 6.92 Å². The van der Waals surface area contributed by atoms with Crippen molar-refractivity contribution < 1.29 is 4.70 Å². The van der Waals surface area contributed by atoms with Crippen LogP contribution in [0.4, 0.5) is 4.70 Å². The minimum absolute atomic E-state index is 0. The van der Waals surface area contributed by atoms with Crippen molar-refractivity contribution >= 4 is 12.4 Å². The molecule has 0 amide bonds. The fourth-order valence-corrected chi connectivity index (χ4v) is 0. The maximum absolute atomic E-state index is 4.85. The SMILES string of the molecule is CCN.Cl.F. The van der Waals surface area contributed by atoms with Crippen molar-refractivity contribution in [1.29, 1.82) is 0 Å². The van der Waals surface area contributed by atoms with Crippen molar-refractivity contribution in [3.05, 3.63) is 0 Å². The highest BCUT2D eigenvalue weighted by molar-refractivity contribution is 5.85. The minimum Gasteiger partial charge on any atom is -0.331 e. The summed E-state index contributed by atoms with van der Waals surface area (Å²) >= 11 is 0. The maximum Gasteiger partial charge on any atom is -0.0106 e. The Morgan fingerprint density at radius 2 is 1.60 bits per heavy atom. The van der Waals surface area contributed by atoms with Crippen LogP contribution in [0.3, 0.4) is 0 Å². The highest BCUT2D eigenvalue weighted by Crippen LogP contribution is 1.20. The van der Waals surface area contributed by atoms with Crippen LogP contribution >= 0.6 is 12.4 Å². The molecule has 0 aromatic heterocycles. The fraction of sp³-hybridized carbons (Fsp3) is 1.00. The standard InChI is InChI=1S/C2H7N.ClH.FH/c1-2-3;;/h2-3H2,1H3;2*1H. The van der Waals surface area contributed by atoms with Crippen LogP contribution in [0.25, 0.3) is 0 Å². The van der Waals surface area contributed by atoms with E-state index in [0.717, 1.165) is 6.54 Å². The Labute approximate surface area is 37.3 Å². The lowest BCUT2D eigenvalue weighted by Gasteiger charge is -1.53. The van der Waals surface area contributed by atoms with Crippen LogP contribution in [-0.2, 0) is 0 Å². The average molecular weight is 102 g/mol. The lowest BCUT2D eigenvalue weighted by Crippen LogP contribution is -1.87. The van der Waals surface area contributed by atoms with Gasteiger partial charge in [-0.1, -0.05) is 6.92 Å². The summed E-state index contributed by atoms with van der Waals surface area (Å²) in [7, 11) is 0. The van der Waals surface area contributed by atoms with Gasteiger partial charge in [0.05, 0.1) is 0 Å². The van der Waals surface area contributed by atoms with Gasteiger partial charge in [0.25, 0.3) is 0 Å². The third-order valence-corrected chi connectivity index (χ3v) is 0. The molecule has 1 nitrogen and oxygen atoms in total. The van der Waals surface area contributed by atoms with Crippen molar-refractivity contribution in [3.8, 4) is 0 Å². The van der Waals surface area contributed by atoms with Gasteiger partial charge in [-0.25, -0.2) is 0 Å². The van der Waals surface area contributed by atoms with Gasteiger partial charge in [-0.3, -0.25) is 4.70 Å². The summed E-state index contributed by atoms with van der Waals surface area (Å²) in [6.45, 7) is 2.65. The molecular weight excluding hydrogens is 92.5 g/mol. The molecule has 0 saturated carbocycles. The fourth-order valence-electron chi connectivity index (χ4n) is 0. The maximum atomic E-state index is 4.85. The second-order valence-electron chi connectivity index (χ2n) is 0.408. The van der Waals surface area contributed by atoms with Gasteiger partial charge in [0.2, 0.25) is 0 Å². The Bertz CT molecular complexity index is 9.61. The first-order valence-corrected chi connectivity index (χ1v) is 1.12. The quantitative estimate of drug-likeness (QED) is 0.474. The van der Waals surface area contributed by atoms with Crippen LogP contribution in [0.1, 0.15) is 6.92 Å². The molecule has 3 heteroatoms. The van der Waals surface area contributed by atoms with E-state index in [2.05, 4.69) is 0 Å². The Hall–Kier alpha value is 0.180. The molecule has 0 bridgehead atoms. The van der Waals surface area contributed by atoms with Gasteiger partial charge < -0.3 is 5.73 Å². The molecular formula is C2H9ClFN. The van der Waals surface area contributed by atoms with Gasteiger partial charge in [-0.05, 0) is 6.54 Å². The number of halogens is 2. The highest BCUT2D eigenvalue weighted by Gasteiger charge is 1.32. The first-order valence-electron chi connectivity index (χ1n) is 1.12. The molecule has 0 aliphatic rings. The van der Waals surface area contributed by atoms with E-state index in [1.165, 1.54) is 0 Å². The predicted octanol–water partition coefficient (Wildman–Crippen LogP) is 0.539. The summed E-state index contributed by atoms with van der Waals surface area (Å²) in [5, 5.41) is 0. The predicted molar refractivity (Wildman–Crippen MR) is 24.5 cm³/mol. The summed E-state index contributed by atoms with van der Waals surface area (Å²) in [6, 6.07) is 0. The number of rotatable bonds is 0. The summed E-state index contributed by atoms with van der Waals surface area (Å²) in [5.74, 6) is 0. The number of hydrogen-bond donors (Lipinski definition) is 1. The molecule has 0 aliphatic carbocycles. The summed E-state index contributed by atoms with van der Waals surface area (Å²) < 4.78 is 0. The first-order chi connectivity index (χ1) is 1.41. The topological polar surface area (TPSA) is 26.0 Å². The van der Waals surface area contributed by atoms with Crippen LogP contribution in [0.5, 0.6) is 0 Å². The second kappa shape index (κ2) is 30.4. The molecule has 0 atom stereocenters. The van der Waals surface area contributed by atoms with Crippen molar-refractivity contribution in [2.75, 3.05) is 6.54 Å².